The minimum absolute atomic E-state index is 0.00135. The molecule has 0 aromatic carbocycles. The number of urea groups is 1. The highest BCUT2D eigenvalue weighted by Crippen LogP contribution is 2.28. The maximum absolute atomic E-state index is 12.1. The fraction of sp³-hybridized carbons (Fsp3) is 0.769. The largest absolute Gasteiger partial charge is 0.347 e. The van der Waals surface area contributed by atoms with Gasteiger partial charge >= 0.3 is 6.03 Å². The first-order valence-corrected chi connectivity index (χ1v) is 7.04. The van der Waals surface area contributed by atoms with E-state index >= 15 is 0 Å². The highest BCUT2D eigenvalue weighted by atomic mass is 16.5. The first-order valence-electron chi connectivity index (χ1n) is 7.04. The Morgan fingerprint density at radius 3 is 2.80 bits per heavy atom. The lowest BCUT2D eigenvalue weighted by atomic mass is 10.00. The van der Waals surface area contributed by atoms with Crippen molar-refractivity contribution in [3.8, 4) is 0 Å². The molecule has 2 fully saturated rings. The molecule has 0 radical (unpaired) electrons. The number of carbonyl (C=O) groups excluding carboxylic acids is 3. The van der Waals surface area contributed by atoms with Gasteiger partial charge in [-0.2, -0.15) is 0 Å². The number of nitrogens with one attached hydrogen (secondary N) is 1. The molecule has 2 saturated heterocycles. The van der Waals surface area contributed by atoms with E-state index in [1.807, 2.05) is 13.8 Å². The number of hydrogen-bond donors (Lipinski definition) is 2. The summed E-state index contributed by atoms with van der Waals surface area (Å²) in [4.78, 5) is 36.9. The van der Waals surface area contributed by atoms with Crippen molar-refractivity contribution in [3.05, 3.63) is 0 Å². The smallest absolute Gasteiger partial charge is 0.344 e. The van der Waals surface area contributed by atoms with E-state index in [4.69, 9.17) is 0 Å². The minimum atomic E-state index is -0.583. The van der Waals surface area contributed by atoms with E-state index in [0.717, 1.165) is 6.42 Å². The lowest BCUT2D eigenvalue weighted by molar-refractivity contribution is -0.129. The number of hydrogen-bond acceptors (Lipinski definition) is 4. The van der Waals surface area contributed by atoms with Crippen molar-refractivity contribution in [2.75, 3.05) is 13.1 Å². The van der Waals surface area contributed by atoms with Gasteiger partial charge in [-0.3, -0.25) is 14.8 Å². The Kier molecular flexibility index (Phi) is 4.27. The van der Waals surface area contributed by atoms with Crippen molar-refractivity contribution in [2.24, 2.45) is 5.92 Å². The van der Waals surface area contributed by atoms with Gasteiger partial charge in [0.1, 0.15) is 6.04 Å². The summed E-state index contributed by atoms with van der Waals surface area (Å²) >= 11 is 0. The number of hydroxylamine groups is 2. The summed E-state index contributed by atoms with van der Waals surface area (Å²) in [5.41, 5.74) is 0. The second-order valence-electron chi connectivity index (χ2n) is 5.52. The van der Waals surface area contributed by atoms with Crippen LogP contribution in [0, 0.1) is 5.92 Å². The van der Waals surface area contributed by atoms with Crippen LogP contribution in [0.2, 0.25) is 0 Å². The van der Waals surface area contributed by atoms with E-state index < -0.39 is 12.1 Å². The summed E-state index contributed by atoms with van der Waals surface area (Å²) in [6.45, 7) is 4.11. The summed E-state index contributed by atoms with van der Waals surface area (Å²) in [5.74, 6) is -0.401. The van der Waals surface area contributed by atoms with Gasteiger partial charge < -0.3 is 10.2 Å². The van der Waals surface area contributed by atoms with Crippen LogP contribution >= 0.6 is 0 Å². The number of ketones is 1. The quantitative estimate of drug-likeness (QED) is 0.714. The van der Waals surface area contributed by atoms with Gasteiger partial charge in [0.15, 0.2) is 5.78 Å². The number of amides is 3. The molecule has 112 valence electrons. The van der Waals surface area contributed by atoms with Gasteiger partial charge in [0.05, 0.1) is 12.6 Å². The van der Waals surface area contributed by atoms with Crippen molar-refractivity contribution < 1.29 is 19.6 Å². The number of rotatable bonds is 5. The zero-order valence-corrected chi connectivity index (χ0v) is 11.8. The van der Waals surface area contributed by atoms with Crippen molar-refractivity contribution in [1.82, 2.24) is 15.3 Å². The molecule has 2 aliphatic heterocycles. The summed E-state index contributed by atoms with van der Waals surface area (Å²) < 4.78 is 0. The number of Topliss-reactive ketones (excluding diaryl/α,β-unsaturated/α-hetero) is 1. The number of piperidine rings is 1. The van der Waals surface area contributed by atoms with E-state index in [-0.39, 0.29) is 30.2 Å². The molecule has 0 spiro atoms. The molecular formula is C13H21N3O4. The first-order chi connectivity index (χ1) is 9.45. The SMILES string of the molecule is CCC(C)C(=O)CNC(=O)[C@@H]1CC[C@@H]2CN1C(=O)N2O. The van der Waals surface area contributed by atoms with Gasteiger partial charge in [0.2, 0.25) is 5.91 Å². The Labute approximate surface area is 117 Å². The summed E-state index contributed by atoms with van der Waals surface area (Å²) in [7, 11) is 0. The second kappa shape index (κ2) is 5.78. The Morgan fingerprint density at radius 2 is 2.15 bits per heavy atom. The summed E-state index contributed by atoms with van der Waals surface area (Å²) in [6.07, 6.45) is 1.84. The molecular weight excluding hydrogens is 262 g/mol. The molecule has 1 unspecified atom stereocenters. The Hall–Kier alpha value is -1.63. The van der Waals surface area contributed by atoms with Gasteiger partial charge in [-0.05, 0) is 19.3 Å². The zero-order valence-electron chi connectivity index (χ0n) is 11.8. The topological polar surface area (TPSA) is 90.0 Å². The monoisotopic (exact) mass is 283 g/mol. The Morgan fingerprint density at radius 1 is 1.45 bits per heavy atom. The maximum atomic E-state index is 12.1. The van der Waals surface area contributed by atoms with Crippen LogP contribution < -0.4 is 5.32 Å². The van der Waals surface area contributed by atoms with Crippen molar-refractivity contribution >= 4 is 17.7 Å². The Bertz CT molecular complexity index is 426. The molecule has 7 heteroatoms. The van der Waals surface area contributed by atoms with Crippen molar-refractivity contribution in [3.63, 3.8) is 0 Å². The molecule has 0 aromatic rings. The molecule has 2 heterocycles. The van der Waals surface area contributed by atoms with E-state index in [9.17, 15) is 19.6 Å². The lowest BCUT2D eigenvalue weighted by Crippen LogP contribution is -2.50. The average Bonchev–Trinajstić information content (AvgIpc) is 2.68. The normalized spacial score (nSPS) is 26.6. The van der Waals surface area contributed by atoms with Crippen LogP contribution in [0.25, 0.3) is 0 Å². The van der Waals surface area contributed by atoms with Gasteiger partial charge in [0, 0.05) is 12.5 Å². The highest BCUT2D eigenvalue weighted by molar-refractivity contribution is 5.92. The zero-order chi connectivity index (χ0) is 14.9. The number of nitrogens with zero attached hydrogens (tertiary/aromatic N) is 2. The molecule has 0 aromatic heterocycles. The lowest BCUT2D eigenvalue weighted by Gasteiger charge is -2.29. The fourth-order valence-corrected chi connectivity index (χ4v) is 2.62. The summed E-state index contributed by atoms with van der Waals surface area (Å²) in [5, 5.41) is 12.9. The third-order valence-corrected chi connectivity index (χ3v) is 4.25. The highest BCUT2D eigenvalue weighted by Gasteiger charge is 2.46. The molecule has 2 aliphatic rings. The maximum Gasteiger partial charge on any atom is 0.344 e. The third-order valence-electron chi connectivity index (χ3n) is 4.25. The molecule has 2 bridgehead atoms. The molecule has 0 aliphatic carbocycles. The van der Waals surface area contributed by atoms with Crippen LogP contribution in [0.1, 0.15) is 33.1 Å². The van der Waals surface area contributed by atoms with Crippen LogP contribution in [0.3, 0.4) is 0 Å². The van der Waals surface area contributed by atoms with Crippen molar-refractivity contribution in [2.45, 2.75) is 45.2 Å². The van der Waals surface area contributed by atoms with Crippen LogP contribution in [0.15, 0.2) is 0 Å². The fourth-order valence-electron chi connectivity index (χ4n) is 2.62. The predicted octanol–water partition coefficient (Wildman–Crippen LogP) is 0.376. The molecule has 7 nitrogen and oxygen atoms in total. The molecule has 3 amide bonds. The third kappa shape index (κ3) is 2.63. The van der Waals surface area contributed by atoms with Gasteiger partial charge in [-0.25, -0.2) is 9.86 Å². The van der Waals surface area contributed by atoms with E-state index in [2.05, 4.69) is 5.32 Å². The van der Waals surface area contributed by atoms with E-state index in [1.165, 1.54) is 4.90 Å². The number of carbonyl (C=O) groups is 3. The standard InChI is InChI=1S/C13H21N3O4/c1-3-8(2)11(17)6-14-12(18)10-5-4-9-7-15(10)13(19)16(9)20/h8-10,20H,3-7H2,1-2H3,(H,14,18)/t8?,9-,10+/m1/s1. The van der Waals surface area contributed by atoms with Crippen LogP contribution in [-0.2, 0) is 9.59 Å². The van der Waals surface area contributed by atoms with Crippen molar-refractivity contribution in [1.29, 1.82) is 0 Å². The van der Waals surface area contributed by atoms with Crippen LogP contribution in [0.5, 0.6) is 0 Å². The minimum Gasteiger partial charge on any atom is -0.347 e. The van der Waals surface area contributed by atoms with Gasteiger partial charge in [-0.15, -0.1) is 0 Å². The molecule has 3 atom stereocenters. The van der Waals surface area contributed by atoms with Gasteiger partial charge in [-0.1, -0.05) is 13.8 Å². The van der Waals surface area contributed by atoms with E-state index in [0.29, 0.717) is 24.4 Å². The number of fused-ring (bicyclic) bond motifs is 2. The molecule has 2 N–H and O–H groups in total. The second-order valence-corrected chi connectivity index (χ2v) is 5.52. The van der Waals surface area contributed by atoms with Gasteiger partial charge in [0.25, 0.3) is 0 Å². The molecule has 20 heavy (non-hydrogen) atoms. The molecule has 2 rings (SSSR count). The van der Waals surface area contributed by atoms with E-state index in [1.54, 1.807) is 0 Å². The van der Waals surface area contributed by atoms with Crippen LogP contribution in [-0.4, -0.2) is 58.1 Å². The first kappa shape index (κ1) is 14.8. The predicted molar refractivity (Wildman–Crippen MR) is 70.0 cm³/mol. The summed E-state index contributed by atoms with van der Waals surface area (Å²) in [6, 6.07) is -1.32. The average molecular weight is 283 g/mol. The molecule has 0 saturated carbocycles. The van der Waals surface area contributed by atoms with Crippen LogP contribution in [0.4, 0.5) is 4.79 Å². The Balaban J connectivity index is 1.90.